The number of hydrogen-bond acceptors (Lipinski definition) is 6. The molecule has 9 heteroatoms. The molecule has 0 saturated heterocycles. The lowest BCUT2D eigenvalue weighted by molar-refractivity contribution is -0.119. The Labute approximate surface area is 251 Å². The molecule has 0 aromatic heterocycles. The van der Waals surface area contributed by atoms with Crippen LogP contribution in [0.1, 0.15) is 18.1 Å². The molecule has 5 aromatic carbocycles. The summed E-state index contributed by atoms with van der Waals surface area (Å²) in [6, 6.07) is 36.2. The molecule has 1 N–H and O–H groups in total. The second kappa shape index (κ2) is 13.7. The molecule has 0 radical (unpaired) electrons. The molecular formula is C34H31N3O5S. The predicted octanol–water partition coefficient (Wildman–Crippen LogP) is 6.16. The summed E-state index contributed by atoms with van der Waals surface area (Å²) in [6.45, 7) is 2.29. The number of nitrogens with zero attached hydrogens (tertiary/aromatic N) is 2. The van der Waals surface area contributed by atoms with E-state index in [-0.39, 0.29) is 4.90 Å². The van der Waals surface area contributed by atoms with E-state index in [4.69, 9.17) is 9.47 Å². The summed E-state index contributed by atoms with van der Waals surface area (Å²) in [6.07, 6.45) is 1.49. The Balaban J connectivity index is 1.21. The molecule has 0 aliphatic heterocycles. The number of ether oxygens (including phenoxy) is 2. The van der Waals surface area contributed by atoms with Crippen LogP contribution in [0.25, 0.3) is 10.8 Å². The van der Waals surface area contributed by atoms with Gasteiger partial charge in [0.2, 0.25) is 0 Å². The van der Waals surface area contributed by atoms with E-state index in [0.717, 1.165) is 26.2 Å². The molecule has 5 rings (SSSR count). The summed E-state index contributed by atoms with van der Waals surface area (Å²) in [5, 5.41) is 6.35. The van der Waals surface area contributed by atoms with E-state index in [0.29, 0.717) is 30.4 Å². The molecule has 0 spiro atoms. The highest BCUT2D eigenvalue weighted by Gasteiger charge is 2.27. The molecular weight excluding hydrogens is 562 g/mol. The Morgan fingerprint density at radius 1 is 0.791 bits per heavy atom. The molecule has 0 heterocycles. The van der Waals surface area contributed by atoms with Crippen LogP contribution in [0.4, 0.5) is 5.69 Å². The van der Waals surface area contributed by atoms with Gasteiger partial charge in [-0.25, -0.2) is 13.8 Å². The lowest BCUT2D eigenvalue weighted by atomic mass is 10.1. The maximum Gasteiger partial charge on any atom is 0.264 e. The number of rotatable bonds is 12. The molecule has 43 heavy (non-hydrogen) atoms. The van der Waals surface area contributed by atoms with Crippen molar-refractivity contribution < 1.29 is 22.7 Å². The zero-order valence-corrected chi connectivity index (χ0v) is 24.4. The summed E-state index contributed by atoms with van der Waals surface area (Å²) in [5.41, 5.74) is 4.62. The molecule has 8 nitrogen and oxygen atoms in total. The van der Waals surface area contributed by atoms with Crippen LogP contribution < -0.4 is 19.2 Å². The maximum atomic E-state index is 13.5. The maximum absolute atomic E-state index is 13.5. The highest BCUT2D eigenvalue weighted by atomic mass is 32.2. The van der Waals surface area contributed by atoms with Gasteiger partial charge in [-0.3, -0.25) is 9.10 Å². The molecule has 1 amide bonds. The van der Waals surface area contributed by atoms with Gasteiger partial charge in [-0.2, -0.15) is 5.10 Å². The van der Waals surface area contributed by atoms with Gasteiger partial charge in [0, 0.05) is 0 Å². The predicted molar refractivity (Wildman–Crippen MR) is 169 cm³/mol. The third-order valence-electron chi connectivity index (χ3n) is 6.61. The number of nitrogens with one attached hydrogen (secondary N) is 1. The largest absolute Gasteiger partial charge is 0.494 e. The highest BCUT2D eigenvalue weighted by Crippen LogP contribution is 2.25. The average Bonchev–Trinajstić information content (AvgIpc) is 3.04. The zero-order valence-electron chi connectivity index (χ0n) is 23.6. The van der Waals surface area contributed by atoms with Crippen molar-refractivity contribution in [3.05, 3.63) is 132 Å². The fraction of sp³-hybridized carbons (Fsp3) is 0.118. The van der Waals surface area contributed by atoms with E-state index in [1.165, 1.54) is 18.3 Å². The minimum Gasteiger partial charge on any atom is -0.494 e. The van der Waals surface area contributed by atoms with Crippen molar-refractivity contribution in [1.82, 2.24) is 5.43 Å². The highest BCUT2D eigenvalue weighted by molar-refractivity contribution is 7.92. The van der Waals surface area contributed by atoms with Crippen molar-refractivity contribution >= 4 is 38.6 Å². The summed E-state index contributed by atoms with van der Waals surface area (Å²) in [5.74, 6) is 0.668. The third kappa shape index (κ3) is 7.38. The summed E-state index contributed by atoms with van der Waals surface area (Å²) in [4.78, 5) is 12.9. The van der Waals surface area contributed by atoms with Gasteiger partial charge >= 0.3 is 0 Å². The SMILES string of the molecule is CCOc1ccc(S(=O)(=O)N(CC(=O)N/N=C/c2ccc(OCc3cccc4ccccc34)cc2)c2ccccc2)cc1. The molecule has 218 valence electrons. The van der Waals surface area contributed by atoms with Gasteiger partial charge in [0.15, 0.2) is 0 Å². The van der Waals surface area contributed by atoms with E-state index in [1.807, 2.05) is 55.5 Å². The molecule has 0 aliphatic carbocycles. The molecule has 0 atom stereocenters. The number of carbonyl (C=O) groups excluding carboxylic acids is 1. The number of sulfonamides is 1. The van der Waals surface area contributed by atoms with Gasteiger partial charge in [0.25, 0.3) is 15.9 Å². The van der Waals surface area contributed by atoms with Crippen LogP contribution in [0, 0.1) is 0 Å². The zero-order chi connectivity index (χ0) is 30.1. The summed E-state index contributed by atoms with van der Waals surface area (Å²) in [7, 11) is -4.05. The van der Waals surface area contributed by atoms with E-state index in [9.17, 15) is 13.2 Å². The van der Waals surface area contributed by atoms with Gasteiger partial charge in [-0.1, -0.05) is 60.7 Å². The minimum absolute atomic E-state index is 0.0406. The van der Waals surface area contributed by atoms with Crippen LogP contribution in [-0.4, -0.2) is 33.7 Å². The number of hydrazone groups is 1. The summed E-state index contributed by atoms with van der Waals surface area (Å²) >= 11 is 0. The monoisotopic (exact) mass is 593 g/mol. The van der Waals surface area contributed by atoms with Crippen LogP contribution in [0.5, 0.6) is 11.5 Å². The smallest absolute Gasteiger partial charge is 0.264 e. The Morgan fingerprint density at radius 3 is 2.19 bits per heavy atom. The van der Waals surface area contributed by atoms with Crippen LogP contribution in [0.3, 0.4) is 0 Å². The molecule has 0 saturated carbocycles. The number of para-hydroxylation sites is 1. The van der Waals surface area contributed by atoms with E-state index in [2.05, 4.69) is 28.7 Å². The van der Waals surface area contributed by atoms with Gasteiger partial charge in [-0.05, 0) is 89.5 Å². The Hall–Kier alpha value is -5.15. The average molecular weight is 594 g/mol. The lowest BCUT2D eigenvalue weighted by Gasteiger charge is -2.23. The molecule has 0 aliphatic rings. The number of fused-ring (bicyclic) bond motifs is 1. The van der Waals surface area contributed by atoms with Crippen LogP contribution in [0.2, 0.25) is 0 Å². The topological polar surface area (TPSA) is 97.3 Å². The van der Waals surface area contributed by atoms with Gasteiger partial charge in [-0.15, -0.1) is 0 Å². The first-order valence-corrected chi connectivity index (χ1v) is 15.2. The Bertz CT molecular complexity index is 1800. The number of hydrogen-bond donors (Lipinski definition) is 1. The van der Waals surface area contributed by atoms with Gasteiger partial charge in [0.05, 0.1) is 23.4 Å². The Morgan fingerprint density at radius 2 is 1.44 bits per heavy atom. The van der Waals surface area contributed by atoms with E-state index >= 15 is 0 Å². The minimum atomic E-state index is -4.05. The van der Waals surface area contributed by atoms with Crippen molar-refractivity contribution in [3.8, 4) is 11.5 Å². The van der Waals surface area contributed by atoms with E-state index in [1.54, 1.807) is 42.5 Å². The van der Waals surface area contributed by atoms with Crippen molar-refractivity contribution in [1.29, 1.82) is 0 Å². The molecule has 0 bridgehead atoms. The van der Waals surface area contributed by atoms with Crippen molar-refractivity contribution in [2.45, 2.75) is 18.4 Å². The standard InChI is InChI=1S/C34H31N3O5S/c1-2-41-30-19-21-32(22-20-30)43(39,40)37(29-12-4-3-5-13-29)24-34(38)36-35-23-26-15-17-31(18-16-26)42-25-28-11-8-10-27-9-6-7-14-33(27)28/h3-23H,2,24-25H2,1H3,(H,36,38)/b35-23+. The number of amides is 1. The van der Waals surface area contributed by atoms with Crippen molar-refractivity contribution in [2.24, 2.45) is 5.10 Å². The van der Waals surface area contributed by atoms with Crippen LogP contribution in [-0.2, 0) is 21.4 Å². The normalized spacial score (nSPS) is 11.4. The summed E-state index contributed by atoms with van der Waals surface area (Å²) < 4.78 is 39.5. The first kappa shape index (κ1) is 29.3. The van der Waals surface area contributed by atoms with Crippen LogP contribution >= 0.6 is 0 Å². The fourth-order valence-corrected chi connectivity index (χ4v) is 5.91. The molecule has 5 aromatic rings. The first-order chi connectivity index (χ1) is 20.9. The lowest BCUT2D eigenvalue weighted by Crippen LogP contribution is -2.39. The molecule has 0 fully saturated rings. The number of benzene rings is 5. The fourth-order valence-electron chi connectivity index (χ4n) is 4.49. The third-order valence-corrected chi connectivity index (χ3v) is 8.40. The van der Waals surface area contributed by atoms with Crippen molar-refractivity contribution in [3.63, 3.8) is 0 Å². The Kier molecular flexibility index (Phi) is 9.33. The quantitative estimate of drug-likeness (QED) is 0.138. The molecule has 0 unspecified atom stereocenters. The van der Waals surface area contributed by atoms with Gasteiger partial charge < -0.3 is 9.47 Å². The number of anilines is 1. The second-order valence-electron chi connectivity index (χ2n) is 9.54. The van der Waals surface area contributed by atoms with Gasteiger partial charge in [0.1, 0.15) is 24.7 Å². The number of carbonyl (C=O) groups is 1. The van der Waals surface area contributed by atoms with Crippen molar-refractivity contribution in [2.75, 3.05) is 17.5 Å². The van der Waals surface area contributed by atoms with E-state index < -0.39 is 22.5 Å². The second-order valence-corrected chi connectivity index (χ2v) is 11.4. The van der Waals surface area contributed by atoms with Crippen LogP contribution in [0.15, 0.2) is 131 Å². The first-order valence-electron chi connectivity index (χ1n) is 13.8.